The zero-order valence-electron chi connectivity index (χ0n) is 15.1. The fraction of sp³-hybridized carbons (Fsp3) is 0. The van der Waals surface area contributed by atoms with Crippen molar-refractivity contribution in [3.8, 4) is 11.5 Å². The number of para-hydroxylation sites is 1. The second kappa shape index (κ2) is 9.64. The summed E-state index contributed by atoms with van der Waals surface area (Å²) < 4.78 is 19.9. The van der Waals surface area contributed by atoms with E-state index in [-0.39, 0.29) is 22.6 Å². The number of aromatic hydroxyl groups is 1. The van der Waals surface area contributed by atoms with E-state index in [4.69, 9.17) is 4.74 Å². The first-order valence-electron chi connectivity index (χ1n) is 8.43. The summed E-state index contributed by atoms with van der Waals surface area (Å²) >= 11 is 6.65. The summed E-state index contributed by atoms with van der Waals surface area (Å²) in [7, 11) is 0. The van der Waals surface area contributed by atoms with Gasteiger partial charge < -0.3 is 9.84 Å². The molecule has 0 bridgehead atoms. The molecule has 0 aliphatic heterocycles. The molecule has 0 spiro atoms. The Labute approximate surface area is 187 Å². The van der Waals surface area contributed by atoms with Gasteiger partial charge >= 0.3 is 5.97 Å². The molecule has 0 radical (unpaired) electrons. The van der Waals surface area contributed by atoms with Crippen LogP contribution in [0.25, 0.3) is 0 Å². The Bertz CT molecular complexity index is 1150. The van der Waals surface area contributed by atoms with Gasteiger partial charge in [0.2, 0.25) is 0 Å². The fourth-order valence-electron chi connectivity index (χ4n) is 2.44. The molecule has 0 unspecified atom stereocenters. The molecule has 0 saturated heterocycles. The van der Waals surface area contributed by atoms with Crippen molar-refractivity contribution in [3.05, 3.63) is 92.1 Å². The maximum Gasteiger partial charge on any atom is 0.343 e. The number of hydrogen-bond donors (Lipinski definition) is 2. The predicted molar refractivity (Wildman–Crippen MR) is 116 cm³/mol. The lowest BCUT2D eigenvalue weighted by Gasteiger charge is -2.10. The largest absolute Gasteiger partial charge is 0.507 e. The number of hydrogen-bond acceptors (Lipinski definition) is 5. The molecule has 0 atom stereocenters. The Morgan fingerprint density at radius 1 is 1.07 bits per heavy atom. The normalized spacial score (nSPS) is 10.8. The van der Waals surface area contributed by atoms with Gasteiger partial charge in [-0.2, -0.15) is 5.10 Å². The third-order valence-corrected chi connectivity index (χ3v) is 4.86. The van der Waals surface area contributed by atoms with Gasteiger partial charge in [0.1, 0.15) is 11.6 Å². The number of nitrogens with zero attached hydrogens (tertiary/aromatic N) is 1. The number of amides is 1. The van der Waals surface area contributed by atoms with Crippen LogP contribution in [0.15, 0.2) is 74.7 Å². The van der Waals surface area contributed by atoms with Gasteiger partial charge in [-0.25, -0.2) is 14.6 Å². The van der Waals surface area contributed by atoms with Crippen LogP contribution in [-0.2, 0) is 0 Å². The molecule has 3 aromatic rings. The number of halogens is 3. The fourth-order valence-corrected chi connectivity index (χ4v) is 3.78. The van der Waals surface area contributed by atoms with Crippen molar-refractivity contribution >= 4 is 50.0 Å². The second-order valence-corrected chi connectivity index (χ2v) is 7.69. The smallest absolute Gasteiger partial charge is 0.343 e. The average molecular weight is 536 g/mol. The summed E-state index contributed by atoms with van der Waals surface area (Å²) in [5, 5.41) is 13.6. The molecule has 30 heavy (non-hydrogen) atoms. The summed E-state index contributed by atoms with van der Waals surface area (Å²) in [5.41, 5.74) is 2.76. The van der Waals surface area contributed by atoms with Gasteiger partial charge in [0.05, 0.1) is 21.8 Å². The Morgan fingerprint density at radius 2 is 1.83 bits per heavy atom. The molecule has 0 aliphatic rings. The first kappa shape index (κ1) is 21.7. The molecule has 0 aromatic heterocycles. The highest BCUT2D eigenvalue weighted by Gasteiger charge is 2.16. The summed E-state index contributed by atoms with van der Waals surface area (Å²) in [4.78, 5) is 24.5. The lowest BCUT2D eigenvalue weighted by Crippen LogP contribution is -2.18. The standard InChI is InChI=1S/C21H13Br2FN2O4/c22-14-8-13(11-25-26-20(28)16-6-1-2-7-18(16)27)19(17(23)10-14)30-21(29)12-4-3-5-15(24)9-12/h1-11,27H,(H,26,28)/b25-11+. The molecule has 3 aromatic carbocycles. The Hall–Kier alpha value is -3.04. The van der Waals surface area contributed by atoms with Crippen LogP contribution in [0.1, 0.15) is 26.3 Å². The number of phenols is 1. The third-order valence-electron chi connectivity index (χ3n) is 3.81. The van der Waals surface area contributed by atoms with E-state index in [2.05, 4.69) is 42.4 Å². The number of phenolic OH excluding ortho intramolecular Hbond substituents is 1. The molecule has 0 fully saturated rings. The number of carbonyl (C=O) groups excluding carboxylic acids is 2. The molecule has 6 nitrogen and oxygen atoms in total. The minimum absolute atomic E-state index is 0.0422. The number of hydrazone groups is 1. The topological polar surface area (TPSA) is 88.0 Å². The molecule has 0 saturated carbocycles. The first-order valence-corrected chi connectivity index (χ1v) is 10.0. The van der Waals surface area contributed by atoms with Gasteiger partial charge in [-0.3, -0.25) is 4.79 Å². The van der Waals surface area contributed by atoms with E-state index in [1.807, 2.05) is 0 Å². The van der Waals surface area contributed by atoms with Crippen molar-refractivity contribution in [1.29, 1.82) is 0 Å². The summed E-state index contributed by atoms with van der Waals surface area (Å²) in [6.07, 6.45) is 1.28. The number of benzene rings is 3. The summed E-state index contributed by atoms with van der Waals surface area (Å²) in [6.45, 7) is 0. The van der Waals surface area contributed by atoms with E-state index in [0.29, 0.717) is 14.5 Å². The zero-order valence-corrected chi connectivity index (χ0v) is 18.3. The highest BCUT2D eigenvalue weighted by molar-refractivity contribution is 9.11. The zero-order chi connectivity index (χ0) is 21.7. The molecule has 2 N–H and O–H groups in total. The van der Waals surface area contributed by atoms with Gasteiger partial charge in [0.25, 0.3) is 5.91 Å². The lowest BCUT2D eigenvalue weighted by atomic mass is 10.2. The SMILES string of the molecule is O=C(Oc1c(Br)cc(Br)cc1/C=N/NC(=O)c1ccccc1O)c1cccc(F)c1. The van der Waals surface area contributed by atoms with Crippen LogP contribution in [0.5, 0.6) is 11.5 Å². The monoisotopic (exact) mass is 534 g/mol. The molecule has 9 heteroatoms. The maximum atomic E-state index is 13.4. The van der Waals surface area contributed by atoms with Crippen molar-refractivity contribution in [3.63, 3.8) is 0 Å². The Balaban J connectivity index is 1.82. The van der Waals surface area contributed by atoms with Crippen LogP contribution in [-0.4, -0.2) is 23.2 Å². The van der Waals surface area contributed by atoms with Gasteiger partial charge in [-0.1, -0.05) is 34.1 Å². The molecule has 0 heterocycles. The molecular formula is C21H13Br2FN2O4. The molecule has 152 valence electrons. The van der Waals surface area contributed by atoms with Crippen LogP contribution >= 0.6 is 31.9 Å². The van der Waals surface area contributed by atoms with E-state index < -0.39 is 17.7 Å². The number of rotatable bonds is 5. The first-order chi connectivity index (χ1) is 14.3. The van der Waals surface area contributed by atoms with Crippen molar-refractivity contribution in [1.82, 2.24) is 5.43 Å². The Morgan fingerprint density at radius 3 is 2.57 bits per heavy atom. The molecule has 0 aliphatic carbocycles. The van der Waals surface area contributed by atoms with Crippen LogP contribution in [0, 0.1) is 5.82 Å². The van der Waals surface area contributed by atoms with Crippen LogP contribution < -0.4 is 10.2 Å². The minimum Gasteiger partial charge on any atom is -0.507 e. The summed E-state index contributed by atoms with van der Waals surface area (Å²) in [5.74, 6) is -1.98. The average Bonchev–Trinajstić information content (AvgIpc) is 2.70. The molecule has 1 amide bonds. The van der Waals surface area contributed by atoms with E-state index in [0.717, 1.165) is 6.07 Å². The number of nitrogens with one attached hydrogen (secondary N) is 1. The third kappa shape index (κ3) is 5.31. The van der Waals surface area contributed by atoms with E-state index in [9.17, 15) is 19.1 Å². The summed E-state index contributed by atoms with van der Waals surface area (Å²) in [6, 6.07) is 14.4. The molecular weight excluding hydrogens is 523 g/mol. The number of carbonyl (C=O) groups is 2. The van der Waals surface area contributed by atoms with Crippen LogP contribution in [0.2, 0.25) is 0 Å². The van der Waals surface area contributed by atoms with Crippen molar-refractivity contribution < 1.29 is 23.8 Å². The number of ether oxygens (including phenoxy) is 1. The van der Waals surface area contributed by atoms with Gasteiger partial charge in [0, 0.05) is 10.0 Å². The van der Waals surface area contributed by atoms with Gasteiger partial charge in [0.15, 0.2) is 5.75 Å². The number of esters is 1. The quantitative estimate of drug-likeness (QED) is 0.207. The lowest BCUT2D eigenvalue weighted by molar-refractivity contribution is 0.0732. The minimum atomic E-state index is -0.759. The van der Waals surface area contributed by atoms with Crippen LogP contribution in [0.4, 0.5) is 4.39 Å². The second-order valence-electron chi connectivity index (χ2n) is 5.92. The highest BCUT2D eigenvalue weighted by Crippen LogP contribution is 2.32. The van der Waals surface area contributed by atoms with Crippen molar-refractivity contribution in [2.24, 2.45) is 5.10 Å². The van der Waals surface area contributed by atoms with E-state index in [1.54, 1.807) is 24.3 Å². The maximum absolute atomic E-state index is 13.4. The van der Waals surface area contributed by atoms with Crippen molar-refractivity contribution in [2.45, 2.75) is 0 Å². The van der Waals surface area contributed by atoms with Crippen molar-refractivity contribution in [2.75, 3.05) is 0 Å². The highest BCUT2D eigenvalue weighted by atomic mass is 79.9. The predicted octanol–water partition coefficient (Wildman–Crippen LogP) is 5.04. The van der Waals surface area contributed by atoms with Gasteiger partial charge in [-0.15, -0.1) is 0 Å². The Kier molecular flexibility index (Phi) is 6.96. The van der Waals surface area contributed by atoms with Crippen LogP contribution in [0.3, 0.4) is 0 Å². The van der Waals surface area contributed by atoms with E-state index >= 15 is 0 Å². The van der Waals surface area contributed by atoms with E-state index in [1.165, 1.54) is 36.5 Å². The molecule has 3 rings (SSSR count). The van der Waals surface area contributed by atoms with Gasteiger partial charge in [-0.05, 0) is 58.4 Å².